The molecule has 0 saturated carbocycles. The van der Waals surface area contributed by atoms with E-state index in [0.717, 1.165) is 18.2 Å². The molecule has 2 aromatic rings. The Kier molecular flexibility index (Phi) is 4.22. The Labute approximate surface area is 130 Å². The number of halogens is 1. The van der Waals surface area contributed by atoms with E-state index in [-0.39, 0.29) is 10.7 Å². The van der Waals surface area contributed by atoms with Crippen LogP contribution < -0.4 is 11.1 Å². The van der Waals surface area contributed by atoms with Gasteiger partial charge in [0.2, 0.25) is 0 Å². The lowest BCUT2D eigenvalue weighted by Gasteiger charge is -2.10. The molecule has 0 bridgehead atoms. The van der Waals surface area contributed by atoms with Crippen molar-refractivity contribution >= 4 is 44.5 Å². The number of anilines is 3. The minimum absolute atomic E-state index is 0.0177. The summed E-state index contributed by atoms with van der Waals surface area (Å²) in [6.07, 6.45) is 0. The second-order valence-electron chi connectivity index (χ2n) is 4.28. The van der Waals surface area contributed by atoms with Crippen molar-refractivity contribution in [1.82, 2.24) is 0 Å². The molecular formula is C12H10ClN3O5S. The maximum Gasteiger partial charge on any atom is 0.294 e. The molecule has 22 heavy (non-hydrogen) atoms. The summed E-state index contributed by atoms with van der Waals surface area (Å²) in [5.74, 6) is 0. The second kappa shape index (κ2) is 5.79. The van der Waals surface area contributed by atoms with Crippen LogP contribution in [0.25, 0.3) is 0 Å². The molecule has 0 aliphatic heterocycles. The summed E-state index contributed by atoms with van der Waals surface area (Å²) in [4.78, 5) is 9.71. The Morgan fingerprint density at radius 2 is 1.82 bits per heavy atom. The first kappa shape index (κ1) is 16.0. The number of nitrogens with one attached hydrogen (secondary N) is 1. The Hall–Kier alpha value is -2.36. The number of hydrogen-bond acceptors (Lipinski definition) is 6. The summed E-state index contributed by atoms with van der Waals surface area (Å²) in [5, 5.41) is 14.0. The number of nitrogens with two attached hydrogens (primary N) is 1. The number of nitrogens with zero attached hydrogens (tertiary/aromatic N) is 1. The number of nitro benzene ring substituents is 1. The Morgan fingerprint density at radius 3 is 2.36 bits per heavy atom. The number of nitro groups is 1. The zero-order valence-electron chi connectivity index (χ0n) is 10.9. The van der Waals surface area contributed by atoms with Crippen LogP contribution in [-0.4, -0.2) is 17.9 Å². The third kappa shape index (κ3) is 3.45. The van der Waals surface area contributed by atoms with Crippen LogP contribution in [-0.2, 0) is 10.1 Å². The van der Waals surface area contributed by atoms with E-state index in [1.807, 2.05) is 0 Å². The van der Waals surface area contributed by atoms with Crippen molar-refractivity contribution in [2.75, 3.05) is 11.1 Å². The normalized spacial score (nSPS) is 11.2. The van der Waals surface area contributed by atoms with Gasteiger partial charge in [0.1, 0.15) is 10.6 Å². The fourth-order valence-corrected chi connectivity index (χ4v) is 2.44. The average molecular weight is 344 g/mol. The molecule has 0 heterocycles. The first-order valence-electron chi connectivity index (χ1n) is 5.76. The van der Waals surface area contributed by atoms with Crippen LogP contribution in [0.15, 0.2) is 41.3 Å². The van der Waals surface area contributed by atoms with Gasteiger partial charge in [-0.05, 0) is 30.3 Å². The lowest BCUT2D eigenvalue weighted by molar-refractivity contribution is -0.384. The topological polar surface area (TPSA) is 136 Å². The van der Waals surface area contributed by atoms with Gasteiger partial charge in [0.25, 0.3) is 15.8 Å². The van der Waals surface area contributed by atoms with E-state index < -0.39 is 25.6 Å². The van der Waals surface area contributed by atoms with Gasteiger partial charge >= 0.3 is 0 Å². The van der Waals surface area contributed by atoms with Crippen LogP contribution in [0.3, 0.4) is 0 Å². The first-order chi connectivity index (χ1) is 10.2. The van der Waals surface area contributed by atoms with Gasteiger partial charge in [-0.1, -0.05) is 11.6 Å². The van der Waals surface area contributed by atoms with E-state index in [1.54, 1.807) is 6.07 Å². The number of rotatable bonds is 4. The minimum atomic E-state index is -4.54. The first-order valence-corrected chi connectivity index (χ1v) is 7.58. The van der Waals surface area contributed by atoms with Gasteiger partial charge in [0, 0.05) is 11.8 Å². The van der Waals surface area contributed by atoms with Crippen molar-refractivity contribution in [3.8, 4) is 0 Å². The fourth-order valence-electron chi connectivity index (χ4n) is 1.71. The quantitative estimate of drug-likeness (QED) is 0.336. The van der Waals surface area contributed by atoms with Crippen LogP contribution in [0.4, 0.5) is 22.7 Å². The molecular weight excluding hydrogens is 334 g/mol. The molecule has 0 amide bonds. The summed E-state index contributed by atoms with van der Waals surface area (Å²) < 4.78 is 31.0. The fraction of sp³-hybridized carbons (Fsp3) is 0. The molecule has 0 aliphatic carbocycles. The van der Waals surface area contributed by atoms with Crippen molar-refractivity contribution in [2.24, 2.45) is 0 Å². The van der Waals surface area contributed by atoms with Crippen molar-refractivity contribution < 1.29 is 17.9 Å². The molecule has 116 valence electrons. The third-order valence-corrected chi connectivity index (χ3v) is 3.89. The molecule has 0 atom stereocenters. The Balaban J connectivity index is 2.49. The van der Waals surface area contributed by atoms with E-state index in [9.17, 15) is 18.5 Å². The standard InChI is InChI=1S/C12H10ClN3O5S/c13-9-5-7(14)1-3-10(9)15-11-4-2-8(22(19,20)21)6-12(11)16(17)18/h1-6,15H,14H2,(H,19,20,21). The summed E-state index contributed by atoms with van der Waals surface area (Å²) >= 11 is 5.97. The number of nitrogen functional groups attached to an aromatic ring is 1. The lowest BCUT2D eigenvalue weighted by atomic mass is 10.2. The monoisotopic (exact) mass is 343 g/mol. The molecule has 0 fully saturated rings. The van der Waals surface area contributed by atoms with Crippen molar-refractivity contribution in [3.05, 3.63) is 51.5 Å². The third-order valence-electron chi connectivity index (χ3n) is 2.73. The van der Waals surface area contributed by atoms with Crippen LogP contribution in [0.1, 0.15) is 0 Å². The zero-order chi connectivity index (χ0) is 16.5. The largest absolute Gasteiger partial charge is 0.399 e. The molecule has 4 N–H and O–H groups in total. The smallest absolute Gasteiger partial charge is 0.294 e. The van der Waals surface area contributed by atoms with Gasteiger partial charge in [-0.15, -0.1) is 0 Å². The van der Waals surface area contributed by atoms with E-state index in [0.29, 0.717) is 11.4 Å². The predicted octanol–water partition coefficient (Wildman–Crippen LogP) is 2.82. The highest BCUT2D eigenvalue weighted by Gasteiger charge is 2.20. The van der Waals surface area contributed by atoms with Crippen molar-refractivity contribution in [1.29, 1.82) is 0 Å². The summed E-state index contributed by atoms with van der Waals surface area (Å²) in [5.41, 5.74) is 5.83. The summed E-state index contributed by atoms with van der Waals surface area (Å²) in [7, 11) is -4.54. The predicted molar refractivity (Wildman–Crippen MR) is 82.1 cm³/mol. The zero-order valence-corrected chi connectivity index (χ0v) is 12.4. The van der Waals surface area contributed by atoms with Crippen molar-refractivity contribution in [3.63, 3.8) is 0 Å². The SMILES string of the molecule is Nc1ccc(Nc2ccc(S(=O)(=O)O)cc2[N+](=O)[O-])c(Cl)c1. The van der Waals surface area contributed by atoms with E-state index in [4.69, 9.17) is 21.9 Å². The van der Waals surface area contributed by atoms with Gasteiger partial charge in [-0.2, -0.15) is 8.42 Å². The van der Waals surface area contributed by atoms with Gasteiger partial charge < -0.3 is 11.1 Å². The highest BCUT2D eigenvalue weighted by molar-refractivity contribution is 7.85. The molecule has 0 unspecified atom stereocenters. The van der Waals surface area contributed by atoms with E-state index in [1.165, 1.54) is 12.1 Å². The Bertz CT molecular complexity index is 854. The molecule has 2 rings (SSSR count). The molecule has 0 radical (unpaired) electrons. The van der Waals surface area contributed by atoms with Gasteiger partial charge in [0.15, 0.2) is 0 Å². The number of hydrogen-bond donors (Lipinski definition) is 3. The van der Waals surface area contributed by atoms with E-state index >= 15 is 0 Å². The van der Waals surface area contributed by atoms with Gasteiger partial charge in [-0.3, -0.25) is 14.7 Å². The number of benzene rings is 2. The van der Waals surface area contributed by atoms with Crippen LogP contribution in [0.5, 0.6) is 0 Å². The average Bonchev–Trinajstić information content (AvgIpc) is 2.40. The lowest BCUT2D eigenvalue weighted by Crippen LogP contribution is -2.02. The summed E-state index contributed by atoms with van der Waals surface area (Å²) in [6.45, 7) is 0. The second-order valence-corrected chi connectivity index (χ2v) is 6.10. The molecule has 0 spiro atoms. The molecule has 2 aromatic carbocycles. The summed E-state index contributed by atoms with van der Waals surface area (Å²) in [6, 6.07) is 7.49. The highest BCUT2D eigenvalue weighted by Crippen LogP contribution is 2.33. The van der Waals surface area contributed by atoms with Crippen LogP contribution >= 0.6 is 11.6 Å². The van der Waals surface area contributed by atoms with Gasteiger partial charge in [0.05, 0.1) is 15.6 Å². The van der Waals surface area contributed by atoms with Crippen molar-refractivity contribution in [2.45, 2.75) is 4.90 Å². The van der Waals surface area contributed by atoms with E-state index in [2.05, 4.69) is 5.32 Å². The maximum atomic E-state index is 11.1. The molecule has 8 nitrogen and oxygen atoms in total. The van der Waals surface area contributed by atoms with Gasteiger partial charge in [-0.25, -0.2) is 0 Å². The Morgan fingerprint density at radius 1 is 1.18 bits per heavy atom. The highest BCUT2D eigenvalue weighted by atomic mass is 35.5. The molecule has 10 heteroatoms. The minimum Gasteiger partial charge on any atom is -0.399 e. The van der Waals surface area contributed by atoms with Crippen LogP contribution in [0.2, 0.25) is 5.02 Å². The molecule has 0 aromatic heterocycles. The maximum absolute atomic E-state index is 11.1. The molecule has 0 saturated heterocycles. The molecule has 0 aliphatic rings. The van der Waals surface area contributed by atoms with Crippen LogP contribution in [0, 0.1) is 10.1 Å².